The van der Waals surface area contributed by atoms with E-state index in [1.54, 1.807) is 42.5 Å². The monoisotopic (exact) mass is 527 g/mol. The van der Waals surface area contributed by atoms with Crippen LogP contribution in [0.5, 0.6) is 5.75 Å². The van der Waals surface area contributed by atoms with Gasteiger partial charge >= 0.3 is 185 Å². The van der Waals surface area contributed by atoms with E-state index in [2.05, 4.69) is 4.90 Å². The fourth-order valence-electron chi connectivity index (χ4n) is 4.06. The number of carbonyl (C=O) groups is 1. The minimum atomic E-state index is -0.338. The van der Waals surface area contributed by atoms with Crippen LogP contribution in [0.2, 0.25) is 0 Å². The predicted octanol–water partition coefficient (Wildman–Crippen LogP) is 4.78. The average Bonchev–Trinajstić information content (AvgIpc) is 3.23. The van der Waals surface area contributed by atoms with E-state index in [-0.39, 0.29) is 31.9 Å². The van der Waals surface area contributed by atoms with Gasteiger partial charge in [-0.25, -0.2) is 0 Å². The van der Waals surface area contributed by atoms with E-state index in [1.165, 1.54) is 24.3 Å². The molecule has 0 atom stereocenters. The zero-order chi connectivity index (χ0) is 23.5. The fourth-order valence-corrected chi connectivity index (χ4v) is 6.65. The number of halogens is 2. The van der Waals surface area contributed by atoms with Crippen LogP contribution in [0, 0.1) is 11.6 Å². The van der Waals surface area contributed by atoms with E-state index in [0.717, 1.165) is 52.5 Å². The van der Waals surface area contributed by atoms with Gasteiger partial charge in [-0.15, -0.1) is 0 Å². The first-order valence-electron chi connectivity index (χ1n) is 11.1. The standard InChI is InChI=1S/C27H23F2NO3Se/c28-20-5-1-19(2-6-20)27-25(23-10-7-21(29)17-24(23)34-27)26(31)18-3-8-22(9-4-18)33-16-13-30-11-14-32-15-12-30/h1-10,17H,11-16H2. The molecule has 0 spiro atoms. The first-order valence-corrected chi connectivity index (χ1v) is 12.9. The number of morpholine rings is 1. The quantitative estimate of drug-likeness (QED) is 0.257. The number of carbonyl (C=O) groups excluding carboxylic acids is 1. The molecule has 1 saturated heterocycles. The third kappa shape index (κ3) is 4.98. The molecular weight excluding hydrogens is 503 g/mol. The van der Waals surface area contributed by atoms with Crippen LogP contribution in [0.3, 0.4) is 0 Å². The third-order valence-electron chi connectivity index (χ3n) is 5.88. The van der Waals surface area contributed by atoms with E-state index in [9.17, 15) is 13.6 Å². The summed E-state index contributed by atoms with van der Waals surface area (Å²) in [6, 6.07) is 17.8. The Hall–Kier alpha value is -2.83. The summed E-state index contributed by atoms with van der Waals surface area (Å²) < 4.78 is 40.3. The summed E-state index contributed by atoms with van der Waals surface area (Å²) in [5.74, 6) is -0.0936. The Balaban J connectivity index is 1.39. The number of benzene rings is 3. The van der Waals surface area contributed by atoms with E-state index in [4.69, 9.17) is 9.47 Å². The Bertz CT molecular complexity index is 1300. The zero-order valence-corrected chi connectivity index (χ0v) is 20.1. The molecule has 4 nitrogen and oxygen atoms in total. The van der Waals surface area contributed by atoms with Gasteiger partial charge < -0.3 is 4.74 Å². The molecule has 3 aromatic carbocycles. The van der Waals surface area contributed by atoms with E-state index in [0.29, 0.717) is 23.5 Å². The third-order valence-corrected chi connectivity index (χ3v) is 8.40. The van der Waals surface area contributed by atoms with Crippen molar-refractivity contribution in [3.63, 3.8) is 0 Å². The molecule has 0 aliphatic carbocycles. The molecule has 1 fully saturated rings. The van der Waals surface area contributed by atoms with E-state index in [1.807, 2.05) is 0 Å². The van der Waals surface area contributed by atoms with Crippen molar-refractivity contribution in [2.24, 2.45) is 0 Å². The van der Waals surface area contributed by atoms with Crippen molar-refractivity contribution < 1.29 is 23.0 Å². The number of hydrogen-bond donors (Lipinski definition) is 0. The van der Waals surface area contributed by atoms with Crippen LogP contribution in [-0.2, 0) is 4.74 Å². The SMILES string of the molecule is O=C(c1ccc(OCCN2CCOCC2)cc1)c1c(-c2ccc(F)cc2)[se]c2cc(F)ccc12. The van der Waals surface area contributed by atoms with Gasteiger partial charge in [0.2, 0.25) is 0 Å². The molecule has 34 heavy (non-hydrogen) atoms. The molecule has 4 aromatic rings. The molecule has 7 heteroatoms. The molecule has 174 valence electrons. The molecule has 5 rings (SSSR count). The molecular formula is C27H23F2NO3Se. The number of ether oxygens (including phenoxy) is 2. The molecule has 1 aliphatic rings. The number of rotatable bonds is 7. The normalized spacial score (nSPS) is 14.4. The topological polar surface area (TPSA) is 38.8 Å². The summed E-state index contributed by atoms with van der Waals surface area (Å²) in [4.78, 5) is 15.9. The molecule has 1 aliphatic heterocycles. The van der Waals surface area contributed by atoms with Gasteiger partial charge in [0.1, 0.15) is 0 Å². The molecule has 0 saturated carbocycles. The summed E-state index contributed by atoms with van der Waals surface area (Å²) in [5.41, 5.74) is 1.87. The van der Waals surface area contributed by atoms with Gasteiger partial charge in [0.15, 0.2) is 0 Å². The van der Waals surface area contributed by atoms with Crippen molar-refractivity contribution in [2.45, 2.75) is 0 Å². The first-order chi connectivity index (χ1) is 16.6. The minimum absolute atomic E-state index is 0.133. The molecule has 0 N–H and O–H groups in total. The average molecular weight is 526 g/mol. The summed E-state index contributed by atoms with van der Waals surface area (Å²) in [5, 5.41) is 0.747. The van der Waals surface area contributed by atoms with Crippen molar-refractivity contribution in [3.8, 4) is 15.8 Å². The van der Waals surface area contributed by atoms with Gasteiger partial charge in [-0.2, -0.15) is 0 Å². The maximum absolute atomic E-state index is 13.9. The van der Waals surface area contributed by atoms with Crippen molar-refractivity contribution in [1.29, 1.82) is 0 Å². The van der Waals surface area contributed by atoms with Gasteiger partial charge in [0, 0.05) is 0 Å². The molecule has 0 unspecified atom stereocenters. The van der Waals surface area contributed by atoms with Crippen LogP contribution in [0.4, 0.5) is 8.78 Å². The summed E-state index contributed by atoms with van der Waals surface area (Å²) in [6.07, 6.45) is 0. The second kappa shape index (κ2) is 10.2. The van der Waals surface area contributed by atoms with Crippen molar-refractivity contribution >= 4 is 29.9 Å². The van der Waals surface area contributed by atoms with E-state index >= 15 is 0 Å². The predicted molar refractivity (Wildman–Crippen MR) is 129 cm³/mol. The Labute approximate surface area is 202 Å². The molecule has 0 amide bonds. The van der Waals surface area contributed by atoms with Crippen LogP contribution in [-0.4, -0.2) is 64.6 Å². The first kappa shape index (κ1) is 22.9. The Kier molecular flexibility index (Phi) is 6.88. The number of hydrogen-bond acceptors (Lipinski definition) is 4. The van der Waals surface area contributed by atoms with Gasteiger partial charge in [-0.1, -0.05) is 0 Å². The van der Waals surface area contributed by atoms with Gasteiger partial charge in [0.25, 0.3) is 0 Å². The Morgan fingerprint density at radius 3 is 2.38 bits per heavy atom. The molecule has 0 radical (unpaired) electrons. The van der Waals surface area contributed by atoms with Gasteiger partial charge in [0.05, 0.1) is 13.2 Å². The van der Waals surface area contributed by atoms with Crippen LogP contribution in [0.1, 0.15) is 15.9 Å². The van der Waals surface area contributed by atoms with Crippen molar-refractivity contribution in [2.75, 3.05) is 39.5 Å². The fraction of sp³-hybridized carbons (Fsp3) is 0.222. The Morgan fingerprint density at radius 2 is 1.65 bits per heavy atom. The molecule has 1 aromatic heterocycles. The Morgan fingerprint density at radius 1 is 0.941 bits per heavy atom. The van der Waals surface area contributed by atoms with Crippen LogP contribution in [0.15, 0.2) is 66.7 Å². The van der Waals surface area contributed by atoms with Crippen LogP contribution in [0.25, 0.3) is 19.6 Å². The van der Waals surface area contributed by atoms with Crippen molar-refractivity contribution in [3.05, 3.63) is 89.5 Å². The van der Waals surface area contributed by atoms with Crippen LogP contribution >= 0.6 is 0 Å². The summed E-state index contributed by atoms with van der Waals surface area (Å²) in [6.45, 7) is 4.72. The zero-order valence-electron chi connectivity index (χ0n) is 18.4. The van der Waals surface area contributed by atoms with Crippen LogP contribution < -0.4 is 4.74 Å². The second-order valence-corrected chi connectivity index (χ2v) is 10.3. The molecule has 2 heterocycles. The van der Waals surface area contributed by atoms with Gasteiger partial charge in [-0.05, 0) is 0 Å². The van der Waals surface area contributed by atoms with Crippen molar-refractivity contribution in [1.82, 2.24) is 4.90 Å². The second-order valence-electron chi connectivity index (χ2n) is 8.11. The molecule has 0 bridgehead atoms. The van der Waals surface area contributed by atoms with Gasteiger partial charge in [-0.3, -0.25) is 0 Å². The summed E-state index contributed by atoms with van der Waals surface area (Å²) in [7, 11) is 0. The number of fused-ring (bicyclic) bond motifs is 1. The number of nitrogens with zero attached hydrogens (tertiary/aromatic N) is 1. The summed E-state index contributed by atoms with van der Waals surface area (Å²) >= 11 is -0.261. The van der Waals surface area contributed by atoms with E-state index < -0.39 is 0 Å². The number of ketones is 1. The maximum atomic E-state index is 13.9.